The molecule has 0 amide bonds. The number of carboxylic acid groups (broad SMARTS) is 1. The van der Waals surface area contributed by atoms with Crippen molar-refractivity contribution in [2.24, 2.45) is 5.73 Å². The zero-order valence-corrected chi connectivity index (χ0v) is 14.1. The van der Waals surface area contributed by atoms with Crippen molar-refractivity contribution in [3.63, 3.8) is 0 Å². The van der Waals surface area contributed by atoms with Gasteiger partial charge in [-0.1, -0.05) is 0 Å². The zero-order chi connectivity index (χ0) is 20.3. The fourth-order valence-electron chi connectivity index (χ4n) is 2.86. The SMILES string of the molecule is NCCO[C@@H]1O[C@H](CO)[C@@H](O[C@@H]2O[C@H](C(=O)O)[C@@H](O)[C@H](O)[C@H]2O)[C@H](O)[C@H]1O. The normalized spacial score (nSPS) is 45.6. The van der Waals surface area contributed by atoms with Crippen LogP contribution in [0.1, 0.15) is 0 Å². The van der Waals surface area contributed by atoms with Gasteiger partial charge in [0.2, 0.25) is 0 Å². The molecule has 10 atom stereocenters. The highest BCUT2D eigenvalue weighted by molar-refractivity contribution is 5.73. The van der Waals surface area contributed by atoms with Crippen LogP contribution in [-0.2, 0) is 23.7 Å². The molecule has 2 heterocycles. The van der Waals surface area contributed by atoms with Gasteiger partial charge in [-0.2, -0.15) is 0 Å². The lowest BCUT2D eigenvalue weighted by Gasteiger charge is -2.45. The van der Waals surface area contributed by atoms with Crippen LogP contribution in [0.4, 0.5) is 0 Å². The maximum absolute atomic E-state index is 11.1. The number of hydrogen-bond acceptors (Lipinski definition) is 12. The van der Waals surface area contributed by atoms with Crippen LogP contribution in [0.25, 0.3) is 0 Å². The molecule has 27 heavy (non-hydrogen) atoms. The van der Waals surface area contributed by atoms with Crippen LogP contribution in [0.2, 0.25) is 0 Å². The fourth-order valence-corrected chi connectivity index (χ4v) is 2.86. The molecule has 2 fully saturated rings. The summed E-state index contributed by atoms with van der Waals surface area (Å²) in [5.74, 6) is -1.61. The lowest BCUT2D eigenvalue weighted by Crippen LogP contribution is -2.65. The van der Waals surface area contributed by atoms with Gasteiger partial charge in [0.15, 0.2) is 18.7 Å². The second kappa shape index (κ2) is 9.49. The van der Waals surface area contributed by atoms with E-state index in [1.807, 2.05) is 0 Å². The highest BCUT2D eigenvalue weighted by Gasteiger charge is 2.52. The van der Waals surface area contributed by atoms with Gasteiger partial charge >= 0.3 is 5.97 Å². The van der Waals surface area contributed by atoms with Crippen LogP contribution in [0.5, 0.6) is 0 Å². The highest BCUT2D eigenvalue weighted by Crippen LogP contribution is 2.29. The molecule has 0 aromatic rings. The van der Waals surface area contributed by atoms with Gasteiger partial charge in [0.25, 0.3) is 0 Å². The van der Waals surface area contributed by atoms with E-state index in [0.29, 0.717) is 0 Å². The summed E-state index contributed by atoms with van der Waals surface area (Å²) in [6.07, 6.45) is -16.7. The van der Waals surface area contributed by atoms with Crippen molar-refractivity contribution in [3.05, 3.63) is 0 Å². The molecule has 13 nitrogen and oxygen atoms in total. The van der Waals surface area contributed by atoms with E-state index < -0.39 is 74.0 Å². The molecule has 0 aromatic carbocycles. The molecular weight excluding hydrogens is 374 g/mol. The Morgan fingerprint density at radius 3 is 2.11 bits per heavy atom. The van der Waals surface area contributed by atoms with Gasteiger partial charge in [0, 0.05) is 6.54 Å². The predicted molar refractivity (Wildman–Crippen MR) is 82.0 cm³/mol. The van der Waals surface area contributed by atoms with E-state index in [9.17, 15) is 35.4 Å². The van der Waals surface area contributed by atoms with E-state index >= 15 is 0 Å². The van der Waals surface area contributed by atoms with Crippen molar-refractivity contribution in [2.45, 2.75) is 61.4 Å². The average Bonchev–Trinajstić information content (AvgIpc) is 2.64. The first kappa shape index (κ1) is 22.3. The molecule has 2 aliphatic rings. The average molecular weight is 399 g/mol. The summed E-state index contributed by atoms with van der Waals surface area (Å²) in [6, 6.07) is 0. The molecule has 13 heteroatoms. The number of ether oxygens (including phenoxy) is 4. The van der Waals surface area contributed by atoms with Crippen LogP contribution < -0.4 is 5.73 Å². The van der Waals surface area contributed by atoms with Crippen molar-refractivity contribution in [2.75, 3.05) is 19.8 Å². The first-order valence-electron chi connectivity index (χ1n) is 8.25. The van der Waals surface area contributed by atoms with E-state index in [1.54, 1.807) is 0 Å². The second-order valence-corrected chi connectivity index (χ2v) is 6.20. The van der Waals surface area contributed by atoms with Gasteiger partial charge in [-0.05, 0) is 0 Å². The number of aliphatic hydroxyl groups excluding tert-OH is 6. The van der Waals surface area contributed by atoms with Gasteiger partial charge in [-0.3, -0.25) is 0 Å². The summed E-state index contributed by atoms with van der Waals surface area (Å²) in [4.78, 5) is 11.1. The van der Waals surface area contributed by atoms with Gasteiger partial charge in [0.05, 0.1) is 13.2 Å². The maximum Gasteiger partial charge on any atom is 0.335 e. The van der Waals surface area contributed by atoms with Gasteiger partial charge in [-0.15, -0.1) is 0 Å². The predicted octanol–water partition coefficient (Wildman–Crippen LogP) is -5.32. The summed E-state index contributed by atoms with van der Waals surface area (Å²) in [5, 5.41) is 68.3. The van der Waals surface area contributed by atoms with Crippen molar-refractivity contribution in [3.8, 4) is 0 Å². The Bertz CT molecular complexity index is 493. The Labute approximate surface area is 153 Å². The third-order valence-corrected chi connectivity index (χ3v) is 4.32. The molecule has 0 aromatic heterocycles. The standard InChI is InChI=1S/C14H25NO12/c15-1-2-24-13-9(21)7(19)10(4(3-16)25-13)26-14-8(20)5(17)6(18)11(27-14)12(22)23/h4-11,13-14,16-21H,1-3,15H2,(H,22,23)/t4-,5+,6+,7-,8-,9-,10-,11+,13-,14-/m1/s1. The molecule has 0 aliphatic carbocycles. The van der Waals surface area contributed by atoms with E-state index in [1.165, 1.54) is 0 Å². The molecule has 0 saturated carbocycles. The minimum Gasteiger partial charge on any atom is -0.479 e. The number of hydrogen-bond donors (Lipinski definition) is 8. The maximum atomic E-state index is 11.1. The Morgan fingerprint density at radius 2 is 1.56 bits per heavy atom. The molecule has 2 aliphatic heterocycles. The molecule has 2 saturated heterocycles. The van der Waals surface area contributed by atoms with E-state index in [0.717, 1.165) is 0 Å². The molecule has 0 bridgehead atoms. The fraction of sp³-hybridized carbons (Fsp3) is 0.929. The highest BCUT2D eigenvalue weighted by atomic mass is 16.7. The second-order valence-electron chi connectivity index (χ2n) is 6.20. The van der Waals surface area contributed by atoms with E-state index in [-0.39, 0.29) is 13.2 Å². The quantitative estimate of drug-likeness (QED) is 0.200. The number of aliphatic carboxylic acids is 1. The topological polar surface area (TPSA) is 222 Å². The monoisotopic (exact) mass is 399 g/mol. The Morgan fingerprint density at radius 1 is 0.926 bits per heavy atom. The molecule has 158 valence electrons. The molecule has 0 radical (unpaired) electrons. The lowest BCUT2D eigenvalue weighted by molar-refractivity contribution is -0.355. The number of carbonyl (C=O) groups is 1. The zero-order valence-electron chi connectivity index (χ0n) is 14.1. The Kier molecular flexibility index (Phi) is 7.84. The van der Waals surface area contributed by atoms with Crippen LogP contribution in [0, 0.1) is 0 Å². The molecule has 0 spiro atoms. The molecule has 9 N–H and O–H groups in total. The van der Waals surface area contributed by atoms with Crippen molar-refractivity contribution >= 4 is 5.97 Å². The smallest absolute Gasteiger partial charge is 0.335 e. The van der Waals surface area contributed by atoms with Crippen LogP contribution >= 0.6 is 0 Å². The number of nitrogens with two attached hydrogens (primary N) is 1. The summed E-state index contributed by atoms with van der Waals surface area (Å²) >= 11 is 0. The van der Waals surface area contributed by atoms with Crippen molar-refractivity contribution < 1.29 is 59.5 Å². The first-order valence-corrected chi connectivity index (χ1v) is 8.25. The van der Waals surface area contributed by atoms with Crippen molar-refractivity contribution in [1.29, 1.82) is 0 Å². The van der Waals surface area contributed by atoms with Crippen LogP contribution in [-0.4, -0.2) is 123 Å². The van der Waals surface area contributed by atoms with Gasteiger partial charge in [0.1, 0.15) is 42.7 Å². The first-order chi connectivity index (χ1) is 12.7. The van der Waals surface area contributed by atoms with E-state index in [4.69, 9.17) is 29.8 Å². The largest absolute Gasteiger partial charge is 0.479 e. The third-order valence-electron chi connectivity index (χ3n) is 4.32. The van der Waals surface area contributed by atoms with E-state index in [2.05, 4.69) is 0 Å². The minimum atomic E-state index is -1.92. The van der Waals surface area contributed by atoms with Crippen molar-refractivity contribution in [1.82, 2.24) is 0 Å². The molecular formula is C14H25NO12. The third kappa shape index (κ3) is 4.72. The van der Waals surface area contributed by atoms with Crippen LogP contribution in [0.3, 0.4) is 0 Å². The van der Waals surface area contributed by atoms with Crippen LogP contribution in [0.15, 0.2) is 0 Å². The minimum absolute atomic E-state index is 0.00689. The Hall–Kier alpha value is -0.970. The van der Waals surface area contributed by atoms with Gasteiger partial charge in [-0.25, -0.2) is 4.79 Å². The summed E-state index contributed by atoms with van der Waals surface area (Å²) in [7, 11) is 0. The van der Waals surface area contributed by atoms with Gasteiger partial charge < -0.3 is 60.4 Å². The molecule has 0 unspecified atom stereocenters. The Balaban J connectivity index is 2.12. The number of aliphatic hydroxyl groups is 6. The number of carboxylic acids is 1. The summed E-state index contributed by atoms with van der Waals surface area (Å²) in [5.41, 5.74) is 5.29. The lowest BCUT2D eigenvalue weighted by atomic mass is 9.97. The summed E-state index contributed by atoms with van der Waals surface area (Å²) in [6.45, 7) is -0.564. The number of rotatable bonds is 7. The molecule has 2 rings (SSSR count). The summed E-state index contributed by atoms with van der Waals surface area (Å²) < 4.78 is 20.7.